The molecule has 0 bridgehead atoms. The van der Waals surface area contributed by atoms with E-state index in [0.29, 0.717) is 44.8 Å². The number of nitrogens with one attached hydrogen (secondary N) is 1. The first kappa shape index (κ1) is 22.2. The molecule has 30 heavy (non-hydrogen) atoms. The highest BCUT2D eigenvalue weighted by Gasteiger charge is 2.16. The normalized spacial score (nSPS) is 10.6. The summed E-state index contributed by atoms with van der Waals surface area (Å²) in [6.07, 6.45) is 1.83. The fourth-order valence-corrected chi connectivity index (χ4v) is 3.93. The molecule has 3 aromatic rings. The summed E-state index contributed by atoms with van der Waals surface area (Å²) in [5.41, 5.74) is 1.67. The number of hydrogen-bond acceptors (Lipinski definition) is 5. The number of amides is 1. The lowest BCUT2D eigenvalue weighted by Crippen LogP contribution is -2.17. The molecule has 1 heterocycles. The summed E-state index contributed by atoms with van der Waals surface area (Å²) in [6.45, 7) is 4.29. The van der Waals surface area contributed by atoms with Gasteiger partial charge in [-0.15, -0.1) is 16.8 Å². The fraction of sp³-hybridized carbons (Fsp3) is 0.190. The number of ether oxygens (including phenoxy) is 1. The highest BCUT2D eigenvalue weighted by atomic mass is 35.5. The standard InChI is InChI=1S/C21H20Cl2N4O2S/c1-3-9-27-19(12-20(28)24-15-5-4-6-16(11-15)29-2)25-26-21(27)30-13-14-7-8-17(22)18(23)10-14/h3-8,10-11H,1,9,12-13H2,2H3,(H,24,28). The van der Waals surface area contributed by atoms with Crippen LogP contribution in [0.15, 0.2) is 60.3 Å². The maximum Gasteiger partial charge on any atom is 0.232 e. The van der Waals surface area contributed by atoms with Crippen LogP contribution in [0.3, 0.4) is 0 Å². The van der Waals surface area contributed by atoms with Gasteiger partial charge in [-0.2, -0.15) is 0 Å². The van der Waals surface area contributed by atoms with E-state index in [-0.39, 0.29) is 12.3 Å². The minimum atomic E-state index is -0.193. The number of hydrogen-bond donors (Lipinski definition) is 1. The number of thioether (sulfide) groups is 1. The molecule has 0 saturated heterocycles. The van der Waals surface area contributed by atoms with Crippen molar-refractivity contribution in [2.45, 2.75) is 23.9 Å². The Bertz CT molecular complexity index is 1060. The monoisotopic (exact) mass is 462 g/mol. The van der Waals surface area contributed by atoms with Gasteiger partial charge in [0.05, 0.1) is 23.6 Å². The van der Waals surface area contributed by atoms with Crippen LogP contribution in [-0.4, -0.2) is 27.8 Å². The van der Waals surface area contributed by atoms with Gasteiger partial charge in [-0.3, -0.25) is 4.79 Å². The molecule has 0 radical (unpaired) electrons. The summed E-state index contributed by atoms with van der Waals surface area (Å²) in [5, 5.41) is 13.0. The van der Waals surface area contributed by atoms with E-state index in [4.69, 9.17) is 27.9 Å². The van der Waals surface area contributed by atoms with E-state index in [2.05, 4.69) is 22.1 Å². The van der Waals surface area contributed by atoms with Crippen molar-refractivity contribution in [3.05, 3.63) is 76.6 Å². The molecule has 1 N–H and O–H groups in total. The predicted octanol–water partition coefficient (Wildman–Crippen LogP) is 5.25. The number of benzene rings is 2. The summed E-state index contributed by atoms with van der Waals surface area (Å²) >= 11 is 13.6. The van der Waals surface area contributed by atoms with Gasteiger partial charge in [0.2, 0.25) is 5.91 Å². The lowest BCUT2D eigenvalue weighted by atomic mass is 10.2. The summed E-state index contributed by atoms with van der Waals surface area (Å²) in [7, 11) is 1.58. The molecule has 2 aromatic carbocycles. The third kappa shape index (κ3) is 5.78. The Morgan fingerprint density at radius 3 is 2.80 bits per heavy atom. The molecule has 1 amide bonds. The number of carbonyl (C=O) groups excluding carboxylic acids is 1. The largest absolute Gasteiger partial charge is 0.497 e. The highest BCUT2D eigenvalue weighted by molar-refractivity contribution is 7.98. The van der Waals surface area contributed by atoms with Crippen molar-refractivity contribution in [2.75, 3.05) is 12.4 Å². The molecule has 9 heteroatoms. The maximum absolute atomic E-state index is 12.5. The zero-order valence-corrected chi connectivity index (χ0v) is 18.6. The number of methoxy groups -OCH3 is 1. The average Bonchev–Trinajstić information content (AvgIpc) is 3.10. The number of aromatic nitrogens is 3. The van der Waals surface area contributed by atoms with Gasteiger partial charge in [0.15, 0.2) is 5.16 Å². The summed E-state index contributed by atoms with van der Waals surface area (Å²) in [6, 6.07) is 12.7. The van der Waals surface area contributed by atoms with E-state index in [0.717, 1.165) is 5.56 Å². The van der Waals surface area contributed by atoms with Crippen LogP contribution < -0.4 is 10.1 Å². The molecular weight excluding hydrogens is 443 g/mol. The Kier molecular flexibility index (Phi) is 7.79. The van der Waals surface area contributed by atoms with Gasteiger partial charge in [0.25, 0.3) is 0 Å². The highest BCUT2D eigenvalue weighted by Crippen LogP contribution is 2.27. The number of carbonyl (C=O) groups is 1. The molecule has 0 aliphatic heterocycles. The number of halogens is 2. The molecule has 0 fully saturated rings. The van der Waals surface area contributed by atoms with Gasteiger partial charge in [-0.1, -0.05) is 53.2 Å². The Morgan fingerprint density at radius 1 is 1.23 bits per heavy atom. The van der Waals surface area contributed by atoms with E-state index in [1.807, 2.05) is 28.8 Å². The van der Waals surface area contributed by atoms with Crippen LogP contribution in [0.5, 0.6) is 5.75 Å². The van der Waals surface area contributed by atoms with Gasteiger partial charge in [-0.05, 0) is 29.8 Å². The maximum atomic E-state index is 12.5. The summed E-state index contributed by atoms with van der Waals surface area (Å²) in [4.78, 5) is 12.5. The minimum Gasteiger partial charge on any atom is -0.497 e. The second-order valence-corrected chi connectivity index (χ2v) is 8.05. The lowest BCUT2D eigenvalue weighted by molar-refractivity contribution is -0.115. The summed E-state index contributed by atoms with van der Waals surface area (Å²) in [5.74, 6) is 1.68. The number of rotatable bonds is 9. The topological polar surface area (TPSA) is 69.0 Å². The lowest BCUT2D eigenvalue weighted by Gasteiger charge is -2.09. The summed E-state index contributed by atoms with van der Waals surface area (Å²) < 4.78 is 7.05. The van der Waals surface area contributed by atoms with Gasteiger partial charge in [-0.25, -0.2) is 0 Å². The minimum absolute atomic E-state index is 0.0887. The van der Waals surface area contributed by atoms with Crippen molar-refractivity contribution in [3.8, 4) is 5.75 Å². The Balaban J connectivity index is 1.69. The third-order valence-corrected chi connectivity index (χ3v) is 5.91. The molecule has 156 valence electrons. The van der Waals surface area contributed by atoms with Crippen molar-refractivity contribution < 1.29 is 9.53 Å². The molecule has 1 aromatic heterocycles. The Labute approximate surface area is 189 Å². The van der Waals surface area contributed by atoms with Crippen molar-refractivity contribution in [3.63, 3.8) is 0 Å². The predicted molar refractivity (Wildman–Crippen MR) is 122 cm³/mol. The first-order valence-corrected chi connectivity index (χ1v) is 10.8. The van der Waals surface area contributed by atoms with Crippen LogP contribution in [0, 0.1) is 0 Å². The van der Waals surface area contributed by atoms with Crippen LogP contribution >= 0.6 is 35.0 Å². The van der Waals surface area contributed by atoms with Crippen molar-refractivity contribution >= 4 is 46.6 Å². The van der Waals surface area contributed by atoms with E-state index in [9.17, 15) is 4.79 Å². The number of nitrogens with zero attached hydrogens (tertiary/aromatic N) is 3. The van der Waals surface area contributed by atoms with E-state index < -0.39 is 0 Å². The molecule has 3 rings (SSSR count). The van der Waals surface area contributed by atoms with Crippen molar-refractivity contribution in [1.29, 1.82) is 0 Å². The molecule has 0 saturated carbocycles. The second kappa shape index (κ2) is 10.5. The first-order chi connectivity index (χ1) is 14.5. The van der Waals surface area contributed by atoms with E-state index >= 15 is 0 Å². The van der Waals surface area contributed by atoms with E-state index in [1.165, 1.54) is 11.8 Å². The first-order valence-electron chi connectivity index (χ1n) is 9.03. The van der Waals surface area contributed by atoms with E-state index in [1.54, 1.807) is 31.4 Å². The van der Waals surface area contributed by atoms with Crippen LogP contribution in [0.4, 0.5) is 5.69 Å². The SMILES string of the molecule is C=CCn1c(CC(=O)Nc2cccc(OC)c2)nnc1SCc1ccc(Cl)c(Cl)c1. The zero-order valence-electron chi connectivity index (χ0n) is 16.3. The molecule has 0 atom stereocenters. The molecule has 0 spiro atoms. The van der Waals surface area contributed by atoms with Gasteiger partial charge < -0.3 is 14.6 Å². The smallest absolute Gasteiger partial charge is 0.232 e. The second-order valence-electron chi connectivity index (χ2n) is 6.29. The number of allylic oxidation sites excluding steroid dienone is 1. The van der Waals surface area contributed by atoms with Crippen LogP contribution in [0.1, 0.15) is 11.4 Å². The van der Waals surface area contributed by atoms with Gasteiger partial charge in [0.1, 0.15) is 11.6 Å². The Morgan fingerprint density at radius 2 is 2.07 bits per heavy atom. The zero-order chi connectivity index (χ0) is 21.5. The molecule has 6 nitrogen and oxygen atoms in total. The molecule has 0 unspecified atom stereocenters. The number of anilines is 1. The molecular formula is C21H20Cl2N4O2S. The van der Waals surface area contributed by atoms with Gasteiger partial charge >= 0.3 is 0 Å². The molecule has 0 aliphatic carbocycles. The molecule has 0 aliphatic rings. The third-order valence-electron chi connectivity index (χ3n) is 4.13. The van der Waals surface area contributed by atoms with Crippen LogP contribution in [0.2, 0.25) is 10.0 Å². The fourth-order valence-electron chi connectivity index (χ4n) is 2.70. The Hall–Kier alpha value is -2.48. The van der Waals surface area contributed by atoms with Crippen LogP contribution in [-0.2, 0) is 23.5 Å². The van der Waals surface area contributed by atoms with Gasteiger partial charge in [0, 0.05) is 24.1 Å². The average molecular weight is 463 g/mol. The van der Waals surface area contributed by atoms with Crippen molar-refractivity contribution in [1.82, 2.24) is 14.8 Å². The van der Waals surface area contributed by atoms with Crippen molar-refractivity contribution in [2.24, 2.45) is 0 Å². The quantitative estimate of drug-likeness (QED) is 0.347. The van der Waals surface area contributed by atoms with Crippen LogP contribution in [0.25, 0.3) is 0 Å².